The minimum atomic E-state index is -3.69. The highest BCUT2D eigenvalue weighted by Crippen LogP contribution is 2.19. The molecule has 0 aliphatic carbocycles. The Kier molecular flexibility index (Phi) is 6.86. The van der Waals surface area contributed by atoms with Crippen LogP contribution in [-0.4, -0.2) is 57.0 Å². The maximum atomic E-state index is 12.8. The van der Waals surface area contributed by atoms with Gasteiger partial charge in [-0.15, -0.1) is 0 Å². The SMILES string of the molecule is CC(C)OC(=O)c1ccc(NC(=O)c2cccc(S(=O)(=O)N3CCOCC3)c2)cc1. The molecule has 1 N–H and O–H groups in total. The van der Waals surface area contributed by atoms with Crippen LogP contribution in [0.15, 0.2) is 53.4 Å². The van der Waals surface area contributed by atoms with Gasteiger partial charge in [0.15, 0.2) is 0 Å². The van der Waals surface area contributed by atoms with E-state index in [2.05, 4.69) is 5.32 Å². The number of benzene rings is 2. The minimum absolute atomic E-state index is 0.0591. The molecule has 1 aliphatic rings. The lowest BCUT2D eigenvalue weighted by Gasteiger charge is -2.26. The van der Waals surface area contributed by atoms with Gasteiger partial charge in [-0.05, 0) is 56.3 Å². The van der Waals surface area contributed by atoms with E-state index >= 15 is 0 Å². The number of anilines is 1. The summed E-state index contributed by atoms with van der Waals surface area (Å²) in [5.74, 6) is -0.893. The molecule has 1 heterocycles. The number of hydrogen-bond acceptors (Lipinski definition) is 6. The van der Waals surface area contributed by atoms with Gasteiger partial charge < -0.3 is 14.8 Å². The minimum Gasteiger partial charge on any atom is -0.459 e. The fourth-order valence-corrected chi connectivity index (χ4v) is 4.36. The van der Waals surface area contributed by atoms with E-state index in [0.717, 1.165) is 0 Å². The van der Waals surface area contributed by atoms with E-state index in [-0.39, 0.29) is 29.7 Å². The van der Waals surface area contributed by atoms with Crippen LogP contribution in [0, 0.1) is 0 Å². The fraction of sp³-hybridized carbons (Fsp3) is 0.333. The molecular formula is C21H24N2O6S. The third-order valence-electron chi connectivity index (χ3n) is 4.43. The number of ether oxygens (including phenoxy) is 2. The molecule has 8 nitrogen and oxygen atoms in total. The molecule has 0 bridgehead atoms. The first-order chi connectivity index (χ1) is 14.3. The number of nitrogens with one attached hydrogen (secondary N) is 1. The Morgan fingerprint density at radius 1 is 1.03 bits per heavy atom. The summed E-state index contributed by atoms with van der Waals surface area (Å²) in [5.41, 5.74) is 1.07. The monoisotopic (exact) mass is 432 g/mol. The van der Waals surface area contributed by atoms with Gasteiger partial charge in [0.05, 0.1) is 29.8 Å². The van der Waals surface area contributed by atoms with Crippen molar-refractivity contribution < 1.29 is 27.5 Å². The molecule has 2 aromatic rings. The molecule has 1 aliphatic heterocycles. The predicted molar refractivity (Wildman–Crippen MR) is 111 cm³/mol. The summed E-state index contributed by atoms with van der Waals surface area (Å²) in [7, 11) is -3.69. The molecular weight excluding hydrogens is 408 g/mol. The zero-order valence-corrected chi connectivity index (χ0v) is 17.6. The van der Waals surface area contributed by atoms with Crippen LogP contribution in [0.1, 0.15) is 34.6 Å². The second-order valence-electron chi connectivity index (χ2n) is 7.03. The van der Waals surface area contributed by atoms with Gasteiger partial charge in [0.25, 0.3) is 5.91 Å². The second-order valence-corrected chi connectivity index (χ2v) is 8.97. The third-order valence-corrected chi connectivity index (χ3v) is 6.32. The molecule has 30 heavy (non-hydrogen) atoms. The van der Waals surface area contributed by atoms with Crippen molar-refractivity contribution in [2.24, 2.45) is 0 Å². The molecule has 0 aromatic heterocycles. The number of esters is 1. The Labute approximate surface area is 175 Å². The lowest BCUT2D eigenvalue weighted by atomic mass is 10.2. The average molecular weight is 432 g/mol. The predicted octanol–water partition coefficient (Wildman–Crippen LogP) is 2.53. The van der Waals surface area contributed by atoms with Crippen LogP contribution >= 0.6 is 0 Å². The zero-order valence-electron chi connectivity index (χ0n) is 16.8. The van der Waals surface area contributed by atoms with E-state index in [9.17, 15) is 18.0 Å². The highest BCUT2D eigenvalue weighted by atomic mass is 32.2. The van der Waals surface area contributed by atoms with Crippen molar-refractivity contribution in [3.05, 3.63) is 59.7 Å². The Hall–Kier alpha value is -2.75. The van der Waals surface area contributed by atoms with Crippen molar-refractivity contribution in [2.45, 2.75) is 24.8 Å². The lowest BCUT2D eigenvalue weighted by Crippen LogP contribution is -2.40. The molecule has 3 rings (SSSR count). The van der Waals surface area contributed by atoms with E-state index in [1.54, 1.807) is 44.2 Å². The van der Waals surface area contributed by atoms with Crippen LogP contribution in [0.2, 0.25) is 0 Å². The van der Waals surface area contributed by atoms with Crippen LogP contribution < -0.4 is 5.32 Å². The molecule has 1 fully saturated rings. The van der Waals surface area contributed by atoms with Gasteiger partial charge in [0.2, 0.25) is 10.0 Å². The Morgan fingerprint density at radius 2 is 1.70 bits per heavy atom. The second kappa shape index (κ2) is 9.38. The van der Waals surface area contributed by atoms with Crippen molar-refractivity contribution in [2.75, 3.05) is 31.6 Å². The average Bonchev–Trinajstić information content (AvgIpc) is 2.74. The molecule has 0 atom stereocenters. The van der Waals surface area contributed by atoms with Crippen LogP contribution in [-0.2, 0) is 19.5 Å². The summed E-state index contributed by atoms with van der Waals surface area (Å²) >= 11 is 0. The number of amides is 1. The quantitative estimate of drug-likeness (QED) is 0.704. The number of rotatable bonds is 6. The number of nitrogens with zero attached hydrogens (tertiary/aromatic N) is 1. The Bertz CT molecular complexity index is 1010. The third kappa shape index (κ3) is 5.24. The number of morpholine rings is 1. The highest BCUT2D eigenvalue weighted by Gasteiger charge is 2.26. The van der Waals surface area contributed by atoms with Gasteiger partial charge in [0, 0.05) is 24.3 Å². The van der Waals surface area contributed by atoms with E-state index in [0.29, 0.717) is 24.5 Å². The van der Waals surface area contributed by atoms with Crippen molar-refractivity contribution in [1.29, 1.82) is 0 Å². The van der Waals surface area contributed by atoms with Gasteiger partial charge in [-0.2, -0.15) is 4.31 Å². The standard InChI is InChI=1S/C21H24N2O6S/c1-15(2)29-21(25)16-6-8-18(9-7-16)22-20(24)17-4-3-5-19(14-17)30(26,27)23-10-12-28-13-11-23/h3-9,14-15H,10-13H2,1-2H3,(H,22,24). The zero-order chi connectivity index (χ0) is 21.7. The Morgan fingerprint density at radius 3 is 2.33 bits per heavy atom. The summed E-state index contributed by atoms with van der Waals surface area (Å²) in [6.07, 6.45) is -0.224. The van der Waals surface area contributed by atoms with Crippen LogP contribution in [0.3, 0.4) is 0 Å². The summed E-state index contributed by atoms with van der Waals surface area (Å²) in [5, 5.41) is 2.70. The van der Waals surface area contributed by atoms with E-state index in [4.69, 9.17) is 9.47 Å². The summed E-state index contributed by atoms with van der Waals surface area (Å²) < 4.78 is 37.3. The maximum Gasteiger partial charge on any atom is 0.338 e. The normalized spacial score (nSPS) is 15.0. The van der Waals surface area contributed by atoms with E-state index < -0.39 is 21.9 Å². The van der Waals surface area contributed by atoms with Crippen molar-refractivity contribution in [3.63, 3.8) is 0 Å². The molecule has 0 spiro atoms. The van der Waals surface area contributed by atoms with Crippen molar-refractivity contribution >= 4 is 27.6 Å². The lowest BCUT2D eigenvalue weighted by molar-refractivity contribution is 0.0378. The Balaban J connectivity index is 1.72. The summed E-state index contributed by atoms with van der Waals surface area (Å²) in [4.78, 5) is 24.6. The van der Waals surface area contributed by atoms with Gasteiger partial charge in [-0.3, -0.25) is 4.79 Å². The number of hydrogen-bond donors (Lipinski definition) is 1. The molecule has 0 radical (unpaired) electrons. The fourth-order valence-electron chi connectivity index (χ4n) is 2.91. The smallest absolute Gasteiger partial charge is 0.338 e. The van der Waals surface area contributed by atoms with E-state index in [1.807, 2.05) is 0 Å². The number of sulfonamides is 1. The molecule has 1 saturated heterocycles. The molecule has 9 heteroatoms. The van der Waals surface area contributed by atoms with E-state index in [1.165, 1.54) is 22.5 Å². The van der Waals surface area contributed by atoms with Crippen LogP contribution in [0.4, 0.5) is 5.69 Å². The molecule has 0 saturated carbocycles. The van der Waals surface area contributed by atoms with Gasteiger partial charge in [-0.1, -0.05) is 6.07 Å². The first kappa shape index (κ1) is 21.9. The first-order valence-corrected chi connectivity index (χ1v) is 11.0. The number of carbonyl (C=O) groups excluding carboxylic acids is 2. The van der Waals surface area contributed by atoms with Gasteiger partial charge in [-0.25, -0.2) is 13.2 Å². The molecule has 1 amide bonds. The number of carbonyl (C=O) groups is 2. The van der Waals surface area contributed by atoms with Crippen LogP contribution in [0.5, 0.6) is 0 Å². The molecule has 0 unspecified atom stereocenters. The van der Waals surface area contributed by atoms with Crippen molar-refractivity contribution in [3.8, 4) is 0 Å². The largest absolute Gasteiger partial charge is 0.459 e. The first-order valence-electron chi connectivity index (χ1n) is 9.58. The summed E-state index contributed by atoms with van der Waals surface area (Å²) in [6.45, 7) is 4.79. The topological polar surface area (TPSA) is 102 Å². The molecule has 160 valence electrons. The van der Waals surface area contributed by atoms with Gasteiger partial charge in [0.1, 0.15) is 0 Å². The van der Waals surface area contributed by atoms with Crippen LogP contribution in [0.25, 0.3) is 0 Å². The summed E-state index contributed by atoms with van der Waals surface area (Å²) in [6, 6.07) is 12.2. The molecule has 2 aromatic carbocycles. The maximum absolute atomic E-state index is 12.8. The van der Waals surface area contributed by atoms with Crippen molar-refractivity contribution in [1.82, 2.24) is 4.31 Å². The highest BCUT2D eigenvalue weighted by molar-refractivity contribution is 7.89. The van der Waals surface area contributed by atoms with Gasteiger partial charge >= 0.3 is 5.97 Å².